The van der Waals surface area contributed by atoms with Crippen LogP contribution in [0.1, 0.15) is 11.1 Å². The van der Waals surface area contributed by atoms with Crippen LogP contribution in [0.2, 0.25) is 5.02 Å². The van der Waals surface area contributed by atoms with Crippen LogP contribution in [0.3, 0.4) is 0 Å². The lowest BCUT2D eigenvalue weighted by atomic mass is 10.0. The number of aromatic nitrogens is 1. The lowest BCUT2D eigenvalue weighted by Gasteiger charge is -2.10. The van der Waals surface area contributed by atoms with Gasteiger partial charge in [0.1, 0.15) is 0 Å². The molecule has 0 aliphatic rings. The van der Waals surface area contributed by atoms with Crippen LogP contribution in [0, 0.1) is 0 Å². The molecule has 1 aromatic heterocycles. The molecule has 0 saturated carbocycles. The van der Waals surface area contributed by atoms with E-state index < -0.39 is 6.10 Å². The molecule has 1 unspecified atom stereocenters. The first-order chi connectivity index (χ1) is 8.24. The Labute approximate surface area is 106 Å². The van der Waals surface area contributed by atoms with Gasteiger partial charge in [0.2, 0.25) is 0 Å². The van der Waals surface area contributed by atoms with Crippen molar-refractivity contribution in [2.45, 2.75) is 18.9 Å². The number of halogens is 1. The molecular weight excluding hydrogens is 234 g/mol. The van der Waals surface area contributed by atoms with Crippen molar-refractivity contribution in [3.8, 4) is 0 Å². The second-order valence-corrected chi connectivity index (χ2v) is 4.48. The van der Waals surface area contributed by atoms with Crippen molar-refractivity contribution in [1.82, 2.24) is 4.98 Å². The molecule has 1 N–H and O–H groups in total. The standard InChI is InChI=1S/C14H14ClNO/c15-13-3-1-2-12(8-13)10-14(17)9-11-4-6-16-7-5-11/h1-8,14,17H,9-10H2. The van der Waals surface area contributed by atoms with Gasteiger partial charge in [-0.2, -0.15) is 0 Å². The second kappa shape index (κ2) is 5.80. The Bertz CT molecular complexity index is 473. The summed E-state index contributed by atoms with van der Waals surface area (Å²) in [6, 6.07) is 11.4. The van der Waals surface area contributed by atoms with Gasteiger partial charge in [-0.05, 0) is 48.2 Å². The molecule has 0 aliphatic carbocycles. The van der Waals surface area contributed by atoms with Crippen molar-refractivity contribution in [3.05, 3.63) is 64.9 Å². The van der Waals surface area contributed by atoms with Crippen LogP contribution < -0.4 is 0 Å². The van der Waals surface area contributed by atoms with Crippen LogP contribution in [0.25, 0.3) is 0 Å². The summed E-state index contributed by atoms with van der Waals surface area (Å²) in [5, 5.41) is 10.7. The van der Waals surface area contributed by atoms with Gasteiger partial charge in [-0.3, -0.25) is 4.98 Å². The smallest absolute Gasteiger partial charge is 0.0620 e. The molecule has 17 heavy (non-hydrogen) atoms. The van der Waals surface area contributed by atoms with Crippen molar-refractivity contribution in [3.63, 3.8) is 0 Å². The Morgan fingerprint density at radius 2 is 1.76 bits per heavy atom. The molecule has 1 aromatic carbocycles. The summed E-state index contributed by atoms with van der Waals surface area (Å²) in [5.41, 5.74) is 2.15. The summed E-state index contributed by atoms with van der Waals surface area (Å²) in [5.74, 6) is 0. The largest absolute Gasteiger partial charge is 0.392 e. The first-order valence-corrected chi connectivity index (χ1v) is 5.93. The van der Waals surface area contributed by atoms with Crippen LogP contribution in [-0.2, 0) is 12.8 Å². The molecule has 1 atom stereocenters. The van der Waals surface area contributed by atoms with Gasteiger partial charge in [0.05, 0.1) is 6.10 Å². The van der Waals surface area contributed by atoms with Crippen molar-refractivity contribution in [1.29, 1.82) is 0 Å². The van der Waals surface area contributed by atoms with Crippen LogP contribution in [-0.4, -0.2) is 16.2 Å². The third-order valence-corrected chi connectivity index (χ3v) is 2.82. The molecule has 0 bridgehead atoms. The predicted octanol–water partition coefficient (Wildman–Crippen LogP) is 2.88. The highest BCUT2D eigenvalue weighted by molar-refractivity contribution is 6.30. The van der Waals surface area contributed by atoms with E-state index in [1.54, 1.807) is 12.4 Å². The van der Waals surface area contributed by atoms with Crippen molar-refractivity contribution < 1.29 is 5.11 Å². The maximum atomic E-state index is 9.98. The summed E-state index contributed by atoms with van der Waals surface area (Å²) in [4.78, 5) is 3.95. The maximum absolute atomic E-state index is 9.98. The van der Waals surface area contributed by atoms with Gasteiger partial charge in [0.25, 0.3) is 0 Å². The third-order valence-electron chi connectivity index (χ3n) is 2.58. The number of aliphatic hydroxyl groups is 1. The number of nitrogens with zero attached hydrogens (tertiary/aromatic N) is 1. The van der Waals surface area contributed by atoms with E-state index in [-0.39, 0.29) is 0 Å². The van der Waals surface area contributed by atoms with Gasteiger partial charge >= 0.3 is 0 Å². The summed E-state index contributed by atoms with van der Waals surface area (Å²) in [7, 11) is 0. The average molecular weight is 248 g/mol. The normalized spacial score (nSPS) is 12.4. The maximum Gasteiger partial charge on any atom is 0.0620 e. The predicted molar refractivity (Wildman–Crippen MR) is 69.1 cm³/mol. The summed E-state index contributed by atoms with van der Waals surface area (Å²) < 4.78 is 0. The SMILES string of the molecule is OC(Cc1ccncc1)Cc1cccc(Cl)c1. The highest BCUT2D eigenvalue weighted by Gasteiger charge is 2.07. The van der Waals surface area contributed by atoms with E-state index >= 15 is 0 Å². The molecule has 0 radical (unpaired) electrons. The minimum Gasteiger partial charge on any atom is -0.392 e. The van der Waals surface area contributed by atoms with Crippen LogP contribution in [0.4, 0.5) is 0 Å². The van der Waals surface area contributed by atoms with E-state index in [0.29, 0.717) is 17.9 Å². The molecule has 88 valence electrons. The first-order valence-electron chi connectivity index (χ1n) is 5.55. The Balaban J connectivity index is 1.96. The number of benzene rings is 1. The summed E-state index contributed by atoms with van der Waals surface area (Å²) in [6.07, 6.45) is 4.33. The fraction of sp³-hybridized carbons (Fsp3) is 0.214. The van der Waals surface area contributed by atoms with Gasteiger partial charge in [-0.1, -0.05) is 23.7 Å². The van der Waals surface area contributed by atoms with E-state index in [4.69, 9.17) is 11.6 Å². The lowest BCUT2D eigenvalue weighted by Crippen LogP contribution is -2.13. The van der Waals surface area contributed by atoms with Crippen molar-refractivity contribution >= 4 is 11.6 Å². The van der Waals surface area contributed by atoms with Gasteiger partial charge in [-0.15, -0.1) is 0 Å². The van der Waals surface area contributed by atoms with Gasteiger partial charge < -0.3 is 5.11 Å². The Hall–Kier alpha value is -1.38. The van der Waals surface area contributed by atoms with Crippen molar-refractivity contribution in [2.24, 2.45) is 0 Å². The highest BCUT2D eigenvalue weighted by atomic mass is 35.5. The minimum absolute atomic E-state index is 0.393. The third kappa shape index (κ3) is 3.84. The fourth-order valence-electron chi connectivity index (χ4n) is 1.80. The minimum atomic E-state index is -0.393. The van der Waals surface area contributed by atoms with Gasteiger partial charge in [0.15, 0.2) is 0 Å². The monoisotopic (exact) mass is 247 g/mol. The zero-order chi connectivity index (χ0) is 12.1. The highest BCUT2D eigenvalue weighted by Crippen LogP contribution is 2.13. The first kappa shape index (κ1) is 12.1. The molecule has 2 rings (SSSR count). The molecule has 0 saturated heterocycles. The van der Waals surface area contributed by atoms with E-state index in [1.165, 1.54) is 0 Å². The number of hydrogen-bond donors (Lipinski definition) is 1. The molecule has 1 heterocycles. The molecule has 2 nitrogen and oxygen atoms in total. The van der Waals surface area contributed by atoms with E-state index in [2.05, 4.69) is 4.98 Å². The summed E-state index contributed by atoms with van der Waals surface area (Å²) >= 11 is 5.90. The number of rotatable bonds is 4. The lowest BCUT2D eigenvalue weighted by molar-refractivity contribution is 0.175. The molecule has 0 fully saturated rings. The van der Waals surface area contributed by atoms with Crippen LogP contribution >= 0.6 is 11.6 Å². The zero-order valence-corrected chi connectivity index (χ0v) is 10.1. The second-order valence-electron chi connectivity index (χ2n) is 4.05. The van der Waals surface area contributed by atoms with Crippen LogP contribution in [0.15, 0.2) is 48.8 Å². The van der Waals surface area contributed by atoms with E-state index in [9.17, 15) is 5.11 Å². The van der Waals surface area contributed by atoms with E-state index in [1.807, 2.05) is 36.4 Å². The Kier molecular flexibility index (Phi) is 4.13. The zero-order valence-electron chi connectivity index (χ0n) is 9.38. The van der Waals surface area contributed by atoms with Crippen molar-refractivity contribution in [2.75, 3.05) is 0 Å². The number of aliphatic hydroxyl groups excluding tert-OH is 1. The van der Waals surface area contributed by atoms with Gasteiger partial charge in [-0.25, -0.2) is 0 Å². The fourth-order valence-corrected chi connectivity index (χ4v) is 2.01. The number of pyridine rings is 1. The molecule has 2 aromatic rings. The summed E-state index contributed by atoms with van der Waals surface area (Å²) in [6.45, 7) is 0. The Morgan fingerprint density at radius 3 is 2.47 bits per heavy atom. The molecule has 0 aliphatic heterocycles. The molecule has 0 spiro atoms. The quantitative estimate of drug-likeness (QED) is 0.901. The Morgan fingerprint density at radius 1 is 1.06 bits per heavy atom. The van der Waals surface area contributed by atoms with E-state index in [0.717, 1.165) is 11.1 Å². The molecular formula is C14H14ClNO. The molecule has 3 heteroatoms. The van der Waals surface area contributed by atoms with Gasteiger partial charge in [0, 0.05) is 17.4 Å². The van der Waals surface area contributed by atoms with Crippen LogP contribution in [0.5, 0.6) is 0 Å². The molecule has 0 amide bonds. The number of hydrogen-bond acceptors (Lipinski definition) is 2. The topological polar surface area (TPSA) is 33.1 Å². The average Bonchev–Trinajstić information content (AvgIpc) is 2.30.